The largest absolute Gasteiger partial charge is 0.508 e. The highest BCUT2D eigenvalue weighted by molar-refractivity contribution is 6.04. The van der Waals surface area contributed by atoms with Crippen molar-refractivity contribution in [3.63, 3.8) is 0 Å². The van der Waals surface area contributed by atoms with Gasteiger partial charge in [0, 0.05) is 11.8 Å². The zero-order valence-electron chi connectivity index (χ0n) is 15.6. The van der Waals surface area contributed by atoms with Crippen molar-refractivity contribution in [3.8, 4) is 11.4 Å². The molecule has 0 atom stereocenters. The van der Waals surface area contributed by atoms with Crippen molar-refractivity contribution in [1.82, 2.24) is 14.5 Å². The first-order chi connectivity index (χ1) is 13.5. The number of benzene rings is 1. The normalized spacial score (nSPS) is 15.6. The number of anilines is 1. The van der Waals surface area contributed by atoms with Crippen LogP contribution in [0.1, 0.15) is 40.0 Å². The van der Waals surface area contributed by atoms with Gasteiger partial charge in [-0.25, -0.2) is 9.97 Å². The molecule has 1 saturated carbocycles. The first kappa shape index (κ1) is 19.0. The lowest BCUT2D eigenvalue weighted by molar-refractivity contribution is -0.161. The van der Waals surface area contributed by atoms with Gasteiger partial charge in [-0.3, -0.25) is 9.36 Å². The van der Waals surface area contributed by atoms with Crippen LogP contribution in [-0.2, 0) is 5.41 Å². The topological polar surface area (TPSA) is 120 Å². The SMILES string of the molecule is Cc1ccc(O)c(C)c1-n1cc(C(N)=O)c2nc(C3(C(F)(F)F)CC3)c(N)nc21. The highest BCUT2D eigenvalue weighted by atomic mass is 19.4. The number of aromatic nitrogens is 3. The first-order valence-electron chi connectivity index (χ1n) is 8.83. The number of aromatic hydroxyl groups is 1. The Bertz CT molecular complexity index is 1180. The Balaban J connectivity index is 2.05. The molecule has 0 radical (unpaired) electrons. The van der Waals surface area contributed by atoms with Gasteiger partial charge in [0.1, 0.15) is 22.5 Å². The van der Waals surface area contributed by atoms with Crippen LogP contribution in [0, 0.1) is 13.8 Å². The standard InChI is InChI=1S/C19H18F3N5O2/c1-8-3-4-11(28)9(2)13(8)27-7-10(16(24)29)12-17(27)26-15(23)14(25-12)18(5-6-18)19(20,21)22/h3-4,7,28H,5-6H2,1-2H3,(H2,23,26)(H2,24,29). The van der Waals surface area contributed by atoms with E-state index in [1.54, 1.807) is 19.9 Å². The van der Waals surface area contributed by atoms with Gasteiger partial charge in [-0.2, -0.15) is 13.2 Å². The van der Waals surface area contributed by atoms with E-state index in [-0.39, 0.29) is 46.8 Å². The summed E-state index contributed by atoms with van der Waals surface area (Å²) in [6, 6.07) is 3.19. The first-order valence-corrected chi connectivity index (χ1v) is 8.83. The molecule has 1 aliphatic carbocycles. The molecule has 2 aromatic heterocycles. The summed E-state index contributed by atoms with van der Waals surface area (Å²) in [7, 11) is 0. The van der Waals surface area contributed by atoms with E-state index in [1.165, 1.54) is 16.8 Å². The van der Waals surface area contributed by atoms with Crippen LogP contribution in [0.3, 0.4) is 0 Å². The Morgan fingerprint density at radius 2 is 1.90 bits per heavy atom. The van der Waals surface area contributed by atoms with Crippen LogP contribution >= 0.6 is 0 Å². The summed E-state index contributed by atoms with van der Waals surface area (Å²) in [4.78, 5) is 20.3. The quantitative estimate of drug-likeness (QED) is 0.619. The molecule has 4 rings (SSSR count). The molecule has 3 aromatic rings. The third-order valence-electron chi connectivity index (χ3n) is 5.50. The predicted molar refractivity (Wildman–Crippen MR) is 99.9 cm³/mol. The fourth-order valence-electron chi connectivity index (χ4n) is 3.72. The second-order valence-electron chi connectivity index (χ2n) is 7.36. The van der Waals surface area contributed by atoms with Gasteiger partial charge < -0.3 is 16.6 Å². The highest BCUT2D eigenvalue weighted by Gasteiger charge is 2.66. The lowest BCUT2D eigenvalue weighted by Gasteiger charge is -2.20. The number of aryl methyl sites for hydroxylation is 1. The van der Waals surface area contributed by atoms with Crippen molar-refractivity contribution >= 4 is 22.9 Å². The maximum Gasteiger partial charge on any atom is 0.400 e. The van der Waals surface area contributed by atoms with Crippen LogP contribution < -0.4 is 11.5 Å². The van der Waals surface area contributed by atoms with Crippen molar-refractivity contribution in [2.45, 2.75) is 38.3 Å². The average molecular weight is 405 g/mol. The van der Waals surface area contributed by atoms with E-state index in [9.17, 15) is 23.1 Å². The lowest BCUT2D eigenvalue weighted by atomic mass is 10.0. The number of nitrogens with two attached hydrogens (primary N) is 2. The number of amides is 1. The minimum atomic E-state index is -4.53. The number of nitrogens with zero attached hydrogens (tertiary/aromatic N) is 3. The van der Waals surface area contributed by atoms with E-state index in [2.05, 4.69) is 9.97 Å². The Hall–Kier alpha value is -3.30. The summed E-state index contributed by atoms with van der Waals surface area (Å²) in [6.45, 7) is 3.45. The van der Waals surface area contributed by atoms with E-state index in [0.29, 0.717) is 11.3 Å². The maximum absolute atomic E-state index is 13.6. The molecule has 0 spiro atoms. The van der Waals surface area contributed by atoms with Gasteiger partial charge in [-0.15, -0.1) is 0 Å². The molecule has 1 amide bonds. The monoisotopic (exact) mass is 405 g/mol. The molecule has 10 heteroatoms. The number of primary amides is 1. The number of halogens is 3. The number of hydrogen-bond donors (Lipinski definition) is 3. The van der Waals surface area contributed by atoms with Gasteiger partial charge in [-0.05, 0) is 38.3 Å². The van der Waals surface area contributed by atoms with E-state index in [0.717, 1.165) is 5.56 Å². The Morgan fingerprint density at radius 1 is 1.24 bits per heavy atom. The molecule has 7 nitrogen and oxygen atoms in total. The molecule has 0 aliphatic heterocycles. The van der Waals surface area contributed by atoms with E-state index in [1.807, 2.05) is 0 Å². The second-order valence-corrected chi connectivity index (χ2v) is 7.36. The van der Waals surface area contributed by atoms with E-state index >= 15 is 0 Å². The van der Waals surface area contributed by atoms with Crippen molar-refractivity contribution < 1.29 is 23.1 Å². The van der Waals surface area contributed by atoms with Crippen LogP contribution in [0.4, 0.5) is 19.0 Å². The van der Waals surface area contributed by atoms with Gasteiger partial charge in [0.05, 0.1) is 16.9 Å². The number of alkyl halides is 3. The molecule has 1 aromatic carbocycles. The third-order valence-corrected chi connectivity index (χ3v) is 5.50. The van der Waals surface area contributed by atoms with Crippen LogP contribution in [0.5, 0.6) is 5.75 Å². The van der Waals surface area contributed by atoms with Gasteiger partial charge in [0.15, 0.2) is 5.65 Å². The van der Waals surface area contributed by atoms with Gasteiger partial charge in [0.25, 0.3) is 5.91 Å². The minimum Gasteiger partial charge on any atom is -0.508 e. The maximum atomic E-state index is 13.6. The number of rotatable bonds is 3. The molecule has 2 heterocycles. The average Bonchev–Trinajstić information content (AvgIpc) is 3.36. The molecular weight excluding hydrogens is 387 g/mol. The number of fused-ring (bicyclic) bond motifs is 1. The van der Waals surface area contributed by atoms with E-state index in [4.69, 9.17) is 11.5 Å². The van der Waals surface area contributed by atoms with Gasteiger partial charge in [0.2, 0.25) is 0 Å². The molecule has 0 saturated heterocycles. The summed E-state index contributed by atoms with van der Waals surface area (Å²) in [6.07, 6.45) is -3.45. The van der Waals surface area contributed by atoms with Gasteiger partial charge in [-0.1, -0.05) is 6.07 Å². The molecule has 5 N–H and O–H groups in total. The van der Waals surface area contributed by atoms with Crippen molar-refractivity contribution in [2.75, 3.05) is 5.73 Å². The summed E-state index contributed by atoms with van der Waals surface area (Å²) in [5.41, 5.74) is 10.5. The van der Waals surface area contributed by atoms with Crippen LogP contribution in [0.15, 0.2) is 18.3 Å². The second kappa shape index (κ2) is 5.85. The highest BCUT2D eigenvalue weighted by Crippen LogP contribution is 2.59. The summed E-state index contributed by atoms with van der Waals surface area (Å²) < 4.78 is 42.3. The molecule has 0 unspecified atom stereocenters. The van der Waals surface area contributed by atoms with Crippen LogP contribution in [0.25, 0.3) is 16.9 Å². The van der Waals surface area contributed by atoms with E-state index < -0.39 is 17.5 Å². The summed E-state index contributed by atoms with van der Waals surface area (Å²) in [5, 5.41) is 10.1. The number of carbonyl (C=O) groups is 1. The number of phenols is 1. The zero-order valence-corrected chi connectivity index (χ0v) is 15.6. The van der Waals surface area contributed by atoms with Crippen molar-refractivity contribution in [2.24, 2.45) is 5.73 Å². The lowest BCUT2D eigenvalue weighted by Crippen LogP contribution is -2.31. The molecule has 1 fully saturated rings. The Labute approximate surface area is 163 Å². The van der Waals surface area contributed by atoms with Crippen LogP contribution in [-0.4, -0.2) is 31.7 Å². The van der Waals surface area contributed by atoms with Crippen molar-refractivity contribution in [3.05, 3.63) is 40.7 Å². The fraction of sp³-hybridized carbons (Fsp3) is 0.316. The number of hydrogen-bond acceptors (Lipinski definition) is 5. The Kier molecular flexibility index (Phi) is 3.84. The predicted octanol–water partition coefficient (Wildman–Crippen LogP) is 3.02. The minimum absolute atomic E-state index is 0.0135. The molecule has 1 aliphatic rings. The number of phenolic OH excluding ortho intramolecular Hbond substituents is 1. The zero-order chi connectivity index (χ0) is 21.3. The molecule has 152 valence electrons. The smallest absolute Gasteiger partial charge is 0.400 e. The number of nitrogen functional groups attached to an aromatic ring is 1. The number of carbonyl (C=O) groups excluding carboxylic acids is 1. The van der Waals surface area contributed by atoms with Gasteiger partial charge >= 0.3 is 6.18 Å². The Morgan fingerprint density at radius 3 is 2.45 bits per heavy atom. The molecule has 0 bridgehead atoms. The molecule has 29 heavy (non-hydrogen) atoms. The summed E-state index contributed by atoms with van der Waals surface area (Å²) in [5.74, 6) is -1.19. The van der Waals surface area contributed by atoms with Crippen LogP contribution in [0.2, 0.25) is 0 Å². The fourth-order valence-corrected chi connectivity index (χ4v) is 3.72. The summed E-state index contributed by atoms with van der Waals surface area (Å²) >= 11 is 0. The van der Waals surface area contributed by atoms with Crippen molar-refractivity contribution in [1.29, 1.82) is 0 Å². The third kappa shape index (κ3) is 2.62. The molecular formula is C19H18F3N5O2.